The zero-order valence-corrected chi connectivity index (χ0v) is 18.7. The van der Waals surface area contributed by atoms with E-state index in [-0.39, 0.29) is 5.91 Å². The second-order valence-corrected chi connectivity index (χ2v) is 8.96. The molecule has 10 heteroatoms. The summed E-state index contributed by atoms with van der Waals surface area (Å²) in [5, 5.41) is 12.2. The number of hydrogen-bond donors (Lipinski definition) is 1. The number of rotatable bonds is 5. The first-order valence-electron chi connectivity index (χ1n) is 9.52. The fourth-order valence-corrected chi connectivity index (χ4v) is 4.81. The van der Waals surface area contributed by atoms with Gasteiger partial charge in [0.15, 0.2) is 0 Å². The number of hydrazone groups is 1. The van der Waals surface area contributed by atoms with Crippen molar-refractivity contribution < 1.29 is 9.53 Å². The first kappa shape index (κ1) is 19.6. The number of carbonyl (C=O) groups is 1. The van der Waals surface area contributed by atoms with Gasteiger partial charge in [-0.05, 0) is 43.6 Å². The highest BCUT2D eigenvalue weighted by molar-refractivity contribution is 7.09. The van der Waals surface area contributed by atoms with E-state index >= 15 is 0 Å². The molecule has 0 spiro atoms. The maximum Gasteiger partial charge on any atom is 0.273 e. The lowest BCUT2D eigenvalue weighted by molar-refractivity contribution is -0.116. The lowest BCUT2D eigenvalue weighted by Gasteiger charge is -2.08. The van der Waals surface area contributed by atoms with Crippen LogP contribution in [0.25, 0.3) is 17.0 Å². The van der Waals surface area contributed by atoms with Gasteiger partial charge in [0, 0.05) is 29.6 Å². The first-order chi connectivity index (χ1) is 15.0. The van der Waals surface area contributed by atoms with Crippen LogP contribution in [0, 0.1) is 13.8 Å². The van der Waals surface area contributed by atoms with Crippen molar-refractivity contribution in [1.29, 1.82) is 0 Å². The minimum Gasteiger partial charge on any atom is -0.487 e. The summed E-state index contributed by atoms with van der Waals surface area (Å²) in [7, 11) is 1.97. The molecular weight excluding hydrogens is 432 g/mol. The topological polar surface area (TPSA) is 94.3 Å². The van der Waals surface area contributed by atoms with Gasteiger partial charge in [0.05, 0.1) is 32.4 Å². The standard InChI is InChI=1S/C21H18N6O2S2/c1-11-20(31-26-23-11)19-15(21(28)25-24-19)7-13-8-27(3)16-5-4-6-17(18(13)16)29-9-14-10-30-12(2)22-14/h4-8,10H,9H2,1-3H3,(H,25,28)/b15-7-. The molecular formula is C21H18N6O2S2. The Kier molecular flexibility index (Phi) is 4.87. The molecule has 0 fully saturated rings. The fourth-order valence-electron chi connectivity index (χ4n) is 3.55. The number of amides is 1. The molecule has 1 amide bonds. The van der Waals surface area contributed by atoms with Crippen molar-refractivity contribution in [2.24, 2.45) is 12.1 Å². The Morgan fingerprint density at radius 2 is 2.16 bits per heavy atom. The van der Waals surface area contributed by atoms with Crippen LogP contribution in [-0.4, -0.2) is 30.8 Å². The molecule has 0 radical (unpaired) electrons. The van der Waals surface area contributed by atoms with Crippen molar-refractivity contribution in [2.45, 2.75) is 20.5 Å². The van der Waals surface area contributed by atoms with Gasteiger partial charge < -0.3 is 9.30 Å². The Balaban J connectivity index is 1.57. The number of nitrogens with one attached hydrogen (secondary N) is 1. The van der Waals surface area contributed by atoms with Crippen LogP contribution >= 0.6 is 22.9 Å². The van der Waals surface area contributed by atoms with Crippen LogP contribution in [0.15, 0.2) is 40.5 Å². The largest absolute Gasteiger partial charge is 0.487 e. The van der Waals surface area contributed by atoms with E-state index in [0.29, 0.717) is 17.9 Å². The molecule has 1 aliphatic rings. The average molecular weight is 451 g/mol. The number of aryl methyl sites for hydroxylation is 3. The predicted octanol–water partition coefficient (Wildman–Crippen LogP) is 3.60. The molecule has 0 atom stereocenters. The maximum atomic E-state index is 12.6. The van der Waals surface area contributed by atoms with Gasteiger partial charge in [-0.1, -0.05) is 10.6 Å². The van der Waals surface area contributed by atoms with Gasteiger partial charge in [-0.25, -0.2) is 10.4 Å². The number of nitrogens with zero attached hydrogens (tertiary/aromatic N) is 5. The van der Waals surface area contributed by atoms with Gasteiger partial charge in [0.25, 0.3) is 5.91 Å². The lowest BCUT2D eigenvalue weighted by atomic mass is 10.0. The summed E-state index contributed by atoms with van der Waals surface area (Å²) in [6.45, 7) is 4.21. The highest BCUT2D eigenvalue weighted by atomic mass is 32.1. The molecule has 1 aromatic carbocycles. The smallest absolute Gasteiger partial charge is 0.273 e. The van der Waals surface area contributed by atoms with Crippen molar-refractivity contribution >= 4 is 51.5 Å². The Labute approximate surface area is 186 Å². The first-order valence-corrected chi connectivity index (χ1v) is 11.2. The number of aromatic nitrogens is 4. The molecule has 0 bridgehead atoms. The molecule has 156 valence electrons. The molecule has 1 N–H and O–H groups in total. The quantitative estimate of drug-likeness (QED) is 0.469. The van der Waals surface area contributed by atoms with E-state index in [1.54, 1.807) is 11.3 Å². The summed E-state index contributed by atoms with van der Waals surface area (Å²) < 4.78 is 12.1. The second kappa shape index (κ2) is 7.71. The molecule has 0 aliphatic carbocycles. The number of fused-ring (bicyclic) bond motifs is 1. The summed E-state index contributed by atoms with van der Waals surface area (Å²) in [5.74, 6) is 0.485. The Morgan fingerprint density at radius 1 is 1.29 bits per heavy atom. The van der Waals surface area contributed by atoms with Gasteiger partial charge in [-0.2, -0.15) is 5.10 Å². The van der Waals surface area contributed by atoms with Crippen LogP contribution in [-0.2, 0) is 18.4 Å². The van der Waals surface area contributed by atoms with Crippen LogP contribution in [0.5, 0.6) is 5.75 Å². The average Bonchev–Trinajstić information content (AvgIpc) is 3.51. The van der Waals surface area contributed by atoms with Crippen molar-refractivity contribution in [3.8, 4) is 5.75 Å². The number of hydrogen-bond acceptors (Lipinski definition) is 8. The monoisotopic (exact) mass is 450 g/mol. The zero-order valence-electron chi connectivity index (χ0n) is 17.0. The maximum absolute atomic E-state index is 12.6. The number of carbonyl (C=O) groups excluding carboxylic acids is 1. The van der Waals surface area contributed by atoms with E-state index in [2.05, 4.69) is 25.1 Å². The highest BCUT2D eigenvalue weighted by Crippen LogP contribution is 2.33. The van der Waals surface area contributed by atoms with Gasteiger partial charge in [0.1, 0.15) is 18.1 Å². The van der Waals surface area contributed by atoms with Crippen LogP contribution in [0.2, 0.25) is 0 Å². The molecule has 5 rings (SSSR count). The van der Waals surface area contributed by atoms with Gasteiger partial charge in [0.2, 0.25) is 0 Å². The summed E-state index contributed by atoms with van der Waals surface area (Å²) in [6.07, 6.45) is 3.83. The lowest BCUT2D eigenvalue weighted by Crippen LogP contribution is -2.13. The summed E-state index contributed by atoms with van der Waals surface area (Å²) in [4.78, 5) is 17.8. The van der Waals surface area contributed by atoms with E-state index < -0.39 is 0 Å². The minimum absolute atomic E-state index is 0.254. The molecule has 3 aromatic heterocycles. The predicted molar refractivity (Wildman–Crippen MR) is 121 cm³/mol. The third kappa shape index (κ3) is 3.53. The second-order valence-electron chi connectivity index (χ2n) is 7.14. The zero-order chi connectivity index (χ0) is 21.5. The molecule has 1 aliphatic heterocycles. The van der Waals surface area contributed by atoms with Crippen LogP contribution in [0.1, 0.15) is 26.8 Å². The normalized spacial score (nSPS) is 15.0. The number of thiazole rings is 1. The van der Waals surface area contributed by atoms with Crippen LogP contribution in [0.3, 0.4) is 0 Å². The Hall–Kier alpha value is -3.37. The molecule has 4 aromatic rings. The van der Waals surface area contributed by atoms with Gasteiger partial charge in [-0.3, -0.25) is 4.79 Å². The van der Waals surface area contributed by atoms with Crippen molar-refractivity contribution in [3.05, 3.63) is 62.2 Å². The minimum atomic E-state index is -0.254. The number of ether oxygens (including phenoxy) is 1. The van der Waals surface area contributed by atoms with Crippen LogP contribution in [0.4, 0.5) is 0 Å². The van der Waals surface area contributed by atoms with E-state index in [0.717, 1.165) is 43.5 Å². The van der Waals surface area contributed by atoms with Crippen LogP contribution < -0.4 is 10.2 Å². The van der Waals surface area contributed by atoms with Gasteiger partial charge in [-0.15, -0.1) is 16.4 Å². The van der Waals surface area contributed by atoms with E-state index in [1.807, 2.05) is 61.3 Å². The Morgan fingerprint density at radius 3 is 2.90 bits per heavy atom. The third-order valence-electron chi connectivity index (χ3n) is 4.98. The molecule has 0 unspecified atom stereocenters. The molecule has 31 heavy (non-hydrogen) atoms. The molecule has 0 saturated heterocycles. The van der Waals surface area contributed by atoms with E-state index in [9.17, 15) is 4.79 Å². The fraction of sp³-hybridized carbons (Fsp3) is 0.190. The summed E-state index contributed by atoms with van der Waals surface area (Å²) >= 11 is 2.82. The van der Waals surface area contributed by atoms with E-state index in [1.165, 1.54) is 11.5 Å². The summed E-state index contributed by atoms with van der Waals surface area (Å²) in [6, 6.07) is 5.92. The van der Waals surface area contributed by atoms with Crippen molar-refractivity contribution in [2.75, 3.05) is 0 Å². The molecule has 4 heterocycles. The Bertz CT molecular complexity index is 1380. The summed E-state index contributed by atoms with van der Waals surface area (Å²) in [5.41, 5.74) is 7.12. The third-order valence-corrected chi connectivity index (χ3v) is 6.64. The molecule has 8 nitrogen and oxygen atoms in total. The van der Waals surface area contributed by atoms with Crippen molar-refractivity contribution in [3.63, 3.8) is 0 Å². The molecule has 0 saturated carbocycles. The highest BCUT2D eigenvalue weighted by Gasteiger charge is 2.27. The van der Waals surface area contributed by atoms with E-state index in [4.69, 9.17) is 4.74 Å². The number of benzene rings is 1. The van der Waals surface area contributed by atoms with Gasteiger partial charge >= 0.3 is 0 Å². The SMILES string of the molecule is Cc1nc(COc2cccc3c2c(/C=C2\C(=O)NN=C2c2snnc2C)cn3C)cs1. The van der Waals surface area contributed by atoms with Crippen molar-refractivity contribution in [1.82, 2.24) is 24.6 Å².